The third-order valence-electron chi connectivity index (χ3n) is 10.5. The summed E-state index contributed by atoms with van der Waals surface area (Å²) >= 11 is 0. The van der Waals surface area contributed by atoms with Crippen LogP contribution in [0.1, 0.15) is 11.1 Å². The fraction of sp³-hybridized carbons (Fsp3) is 0.0392. The third kappa shape index (κ3) is 6.05. The standard InChI is InChI=1S/C51H35N5/c1-32-18-22-35(23-19-32)49-54-50(36-24-20-33(2)21-25-36)56-51(55-49)40-28-38(37-13-10-26-52-31-37)27-39(29-40)44-30-45-47(42-15-7-6-14-41(42)44)43-16-8-9-17-46(43)53-48(45)34-11-4-3-5-12-34/h3-31H,1-2H3. The number of para-hydroxylation sites is 1. The topological polar surface area (TPSA) is 64.5 Å². The summed E-state index contributed by atoms with van der Waals surface area (Å²) in [6.07, 6.45) is 3.72. The largest absolute Gasteiger partial charge is 0.264 e. The maximum Gasteiger partial charge on any atom is 0.164 e. The lowest BCUT2D eigenvalue weighted by Crippen LogP contribution is -2.01. The van der Waals surface area contributed by atoms with Crippen LogP contribution in [0.15, 0.2) is 176 Å². The summed E-state index contributed by atoms with van der Waals surface area (Å²) in [5.41, 5.74) is 12.3. The molecule has 0 saturated carbocycles. The Labute approximate surface area is 325 Å². The Morgan fingerprint density at radius 1 is 0.357 bits per heavy atom. The van der Waals surface area contributed by atoms with Crippen LogP contribution in [-0.4, -0.2) is 24.9 Å². The summed E-state index contributed by atoms with van der Waals surface area (Å²) in [5, 5.41) is 5.75. The van der Waals surface area contributed by atoms with E-state index < -0.39 is 0 Å². The van der Waals surface area contributed by atoms with E-state index in [1.54, 1.807) is 6.20 Å². The summed E-state index contributed by atoms with van der Waals surface area (Å²) in [7, 11) is 0. The van der Waals surface area contributed by atoms with Gasteiger partial charge in [-0.05, 0) is 77.7 Å². The molecule has 0 aliphatic rings. The fourth-order valence-corrected chi connectivity index (χ4v) is 7.65. The SMILES string of the molecule is Cc1ccc(-c2nc(-c3ccc(C)cc3)nc(-c3cc(-c4cccnc4)cc(-c4cc5c(-c6ccccc6)nc6ccccc6c5c5ccccc45)c3)n2)cc1. The van der Waals surface area contributed by atoms with Gasteiger partial charge >= 0.3 is 0 Å². The number of rotatable bonds is 6. The van der Waals surface area contributed by atoms with Gasteiger partial charge in [0, 0.05) is 56.4 Å². The van der Waals surface area contributed by atoms with Crippen LogP contribution in [0.3, 0.4) is 0 Å². The summed E-state index contributed by atoms with van der Waals surface area (Å²) in [6, 6.07) is 57.4. The van der Waals surface area contributed by atoms with Gasteiger partial charge in [0.05, 0.1) is 11.2 Å². The normalized spacial score (nSPS) is 11.4. The van der Waals surface area contributed by atoms with Gasteiger partial charge in [-0.3, -0.25) is 4.98 Å². The van der Waals surface area contributed by atoms with E-state index in [2.05, 4.69) is 177 Å². The van der Waals surface area contributed by atoms with Crippen LogP contribution >= 0.6 is 0 Å². The zero-order chi connectivity index (χ0) is 37.6. The first-order valence-corrected chi connectivity index (χ1v) is 18.8. The molecule has 0 saturated heterocycles. The number of hydrogen-bond donors (Lipinski definition) is 0. The van der Waals surface area contributed by atoms with Crippen molar-refractivity contribution in [3.63, 3.8) is 0 Å². The molecule has 5 nitrogen and oxygen atoms in total. The van der Waals surface area contributed by atoms with E-state index >= 15 is 0 Å². The molecule has 56 heavy (non-hydrogen) atoms. The Morgan fingerprint density at radius 2 is 0.911 bits per heavy atom. The molecule has 0 spiro atoms. The third-order valence-corrected chi connectivity index (χ3v) is 10.5. The molecule has 0 atom stereocenters. The van der Waals surface area contributed by atoms with Crippen molar-refractivity contribution in [1.82, 2.24) is 24.9 Å². The predicted octanol–water partition coefficient (Wildman–Crippen LogP) is 12.7. The first kappa shape index (κ1) is 33.2. The van der Waals surface area contributed by atoms with Gasteiger partial charge in [0.15, 0.2) is 17.5 Å². The predicted molar refractivity (Wildman–Crippen MR) is 230 cm³/mol. The molecular weight excluding hydrogens is 683 g/mol. The molecule has 0 bridgehead atoms. The van der Waals surface area contributed by atoms with E-state index in [4.69, 9.17) is 19.9 Å². The van der Waals surface area contributed by atoms with Gasteiger partial charge in [-0.25, -0.2) is 19.9 Å². The second kappa shape index (κ2) is 13.8. The molecule has 3 aromatic heterocycles. The molecule has 0 amide bonds. The Morgan fingerprint density at radius 3 is 1.57 bits per heavy atom. The summed E-state index contributed by atoms with van der Waals surface area (Å²) in [6.45, 7) is 4.17. The van der Waals surface area contributed by atoms with Crippen molar-refractivity contribution in [2.75, 3.05) is 0 Å². The monoisotopic (exact) mass is 717 g/mol. The zero-order valence-electron chi connectivity index (χ0n) is 31.0. The van der Waals surface area contributed by atoms with E-state index in [0.717, 1.165) is 71.9 Å². The number of benzene rings is 7. The lowest BCUT2D eigenvalue weighted by molar-refractivity contribution is 1.07. The molecule has 7 aromatic carbocycles. The van der Waals surface area contributed by atoms with E-state index in [0.29, 0.717) is 17.5 Å². The minimum Gasteiger partial charge on any atom is -0.264 e. The highest BCUT2D eigenvalue weighted by atomic mass is 15.0. The highest BCUT2D eigenvalue weighted by Gasteiger charge is 2.19. The molecular formula is C51H35N5. The van der Waals surface area contributed by atoms with Crippen molar-refractivity contribution in [2.24, 2.45) is 0 Å². The molecule has 0 N–H and O–H groups in total. The van der Waals surface area contributed by atoms with Crippen molar-refractivity contribution < 1.29 is 0 Å². The molecule has 10 rings (SSSR count). The fourth-order valence-electron chi connectivity index (χ4n) is 7.65. The van der Waals surface area contributed by atoms with Gasteiger partial charge in [-0.2, -0.15) is 0 Å². The molecule has 0 radical (unpaired) electrons. The van der Waals surface area contributed by atoms with Gasteiger partial charge in [-0.1, -0.05) is 139 Å². The minimum absolute atomic E-state index is 0.598. The average Bonchev–Trinajstić information content (AvgIpc) is 3.26. The molecule has 264 valence electrons. The summed E-state index contributed by atoms with van der Waals surface area (Å²) in [5.74, 6) is 1.85. The van der Waals surface area contributed by atoms with Crippen LogP contribution in [-0.2, 0) is 0 Å². The number of nitrogens with zero attached hydrogens (tertiary/aromatic N) is 5. The molecule has 3 heterocycles. The van der Waals surface area contributed by atoms with E-state index in [1.807, 2.05) is 12.3 Å². The van der Waals surface area contributed by atoms with Crippen molar-refractivity contribution >= 4 is 32.4 Å². The van der Waals surface area contributed by atoms with Gasteiger partial charge < -0.3 is 0 Å². The zero-order valence-corrected chi connectivity index (χ0v) is 31.0. The molecule has 0 aliphatic heterocycles. The first-order chi connectivity index (χ1) is 27.6. The molecule has 10 aromatic rings. The molecule has 0 fully saturated rings. The van der Waals surface area contributed by atoms with Crippen molar-refractivity contribution in [2.45, 2.75) is 13.8 Å². The van der Waals surface area contributed by atoms with Crippen LogP contribution in [0, 0.1) is 13.8 Å². The number of pyridine rings is 2. The van der Waals surface area contributed by atoms with Crippen molar-refractivity contribution in [3.05, 3.63) is 187 Å². The Balaban J connectivity index is 1.27. The van der Waals surface area contributed by atoms with Crippen molar-refractivity contribution in [3.8, 4) is 67.7 Å². The lowest BCUT2D eigenvalue weighted by atomic mass is 9.88. The van der Waals surface area contributed by atoms with Crippen LogP contribution < -0.4 is 0 Å². The second-order valence-electron chi connectivity index (χ2n) is 14.3. The summed E-state index contributed by atoms with van der Waals surface area (Å²) in [4.78, 5) is 25.2. The van der Waals surface area contributed by atoms with Crippen LogP contribution in [0.2, 0.25) is 0 Å². The van der Waals surface area contributed by atoms with Gasteiger partial charge in [0.25, 0.3) is 0 Å². The number of aromatic nitrogens is 5. The molecule has 0 aliphatic carbocycles. The van der Waals surface area contributed by atoms with E-state index in [9.17, 15) is 0 Å². The van der Waals surface area contributed by atoms with Gasteiger partial charge in [0.2, 0.25) is 0 Å². The van der Waals surface area contributed by atoms with Gasteiger partial charge in [-0.15, -0.1) is 0 Å². The smallest absolute Gasteiger partial charge is 0.164 e. The Kier molecular flexibility index (Phi) is 8.19. The highest BCUT2D eigenvalue weighted by Crippen LogP contribution is 2.43. The van der Waals surface area contributed by atoms with Crippen molar-refractivity contribution in [1.29, 1.82) is 0 Å². The highest BCUT2D eigenvalue weighted by molar-refractivity contribution is 6.25. The van der Waals surface area contributed by atoms with Crippen LogP contribution in [0.25, 0.3) is 100 Å². The average molecular weight is 718 g/mol. The summed E-state index contributed by atoms with van der Waals surface area (Å²) < 4.78 is 0. The molecule has 0 unspecified atom stereocenters. The van der Waals surface area contributed by atoms with E-state index in [1.165, 1.54) is 21.9 Å². The minimum atomic E-state index is 0.598. The Bertz CT molecular complexity index is 3000. The first-order valence-electron chi connectivity index (χ1n) is 18.8. The maximum absolute atomic E-state index is 5.30. The maximum atomic E-state index is 5.30. The Hall–Kier alpha value is -7.37. The van der Waals surface area contributed by atoms with Crippen LogP contribution in [0.5, 0.6) is 0 Å². The number of aryl methyl sites for hydroxylation is 2. The number of fused-ring (bicyclic) bond motifs is 5. The molecule has 5 heteroatoms. The van der Waals surface area contributed by atoms with E-state index in [-0.39, 0.29) is 0 Å². The quantitative estimate of drug-likeness (QED) is 0.160. The second-order valence-corrected chi connectivity index (χ2v) is 14.3. The lowest BCUT2D eigenvalue weighted by Gasteiger charge is -2.17. The van der Waals surface area contributed by atoms with Crippen LogP contribution in [0.4, 0.5) is 0 Å². The number of hydrogen-bond acceptors (Lipinski definition) is 5. The van der Waals surface area contributed by atoms with Gasteiger partial charge in [0.1, 0.15) is 0 Å².